The Kier molecular flexibility index (Phi) is 5.10. The largest absolute Gasteiger partial charge is 0.444 e. The fourth-order valence-corrected chi connectivity index (χ4v) is 5.13. The van der Waals surface area contributed by atoms with Gasteiger partial charge in [0.25, 0.3) is 0 Å². The number of carbonyl (C=O) groups is 1. The molecule has 31 heavy (non-hydrogen) atoms. The van der Waals surface area contributed by atoms with Crippen LogP contribution in [0.1, 0.15) is 50.9 Å². The minimum absolute atomic E-state index is 0.215. The summed E-state index contributed by atoms with van der Waals surface area (Å²) in [5.74, 6) is 2.77. The van der Waals surface area contributed by atoms with Crippen LogP contribution in [0.5, 0.6) is 0 Å². The first-order chi connectivity index (χ1) is 14.7. The van der Waals surface area contributed by atoms with E-state index in [0.717, 1.165) is 37.3 Å². The van der Waals surface area contributed by atoms with Crippen LogP contribution in [0.3, 0.4) is 0 Å². The van der Waals surface area contributed by atoms with Gasteiger partial charge < -0.3 is 14.2 Å². The number of rotatable bonds is 4. The fraction of sp³-hybridized carbons (Fsp3) is 0.500. The standard InChI is InChI=1S/C24H26Cl2N2O3/c1-24(2,3)30-23(29)28-11-16-14(17(16)12-28)9-10-15-21(27-31-22(15)13-7-8-13)20-18(25)5-4-6-19(20)26/h4-6,9-10,13-14,16-17H,7-8,11-12H2,1-3H3. The smallest absolute Gasteiger partial charge is 0.410 e. The minimum atomic E-state index is -0.465. The second-order valence-electron chi connectivity index (χ2n) is 9.83. The molecule has 0 bridgehead atoms. The van der Waals surface area contributed by atoms with Gasteiger partial charge >= 0.3 is 6.09 Å². The van der Waals surface area contributed by atoms with Gasteiger partial charge in [0.15, 0.2) is 0 Å². The molecule has 1 amide bonds. The first-order valence-electron chi connectivity index (χ1n) is 10.8. The predicted octanol–water partition coefficient (Wildman–Crippen LogP) is 6.65. The number of halogens is 2. The molecule has 3 aliphatic rings. The highest BCUT2D eigenvalue weighted by Crippen LogP contribution is 2.53. The van der Waals surface area contributed by atoms with Crippen LogP contribution in [0.4, 0.5) is 4.79 Å². The van der Waals surface area contributed by atoms with Crippen LogP contribution in [-0.4, -0.2) is 34.8 Å². The van der Waals surface area contributed by atoms with Gasteiger partial charge in [-0.15, -0.1) is 0 Å². The number of carbonyl (C=O) groups excluding carboxylic acids is 1. The predicted molar refractivity (Wildman–Crippen MR) is 121 cm³/mol. The molecule has 2 aromatic rings. The van der Waals surface area contributed by atoms with E-state index < -0.39 is 5.60 Å². The van der Waals surface area contributed by atoms with Crippen molar-refractivity contribution in [2.75, 3.05) is 13.1 Å². The molecule has 1 aromatic carbocycles. The van der Waals surface area contributed by atoms with Crippen molar-refractivity contribution in [1.29, 1.82) is 0 Å². The van der Waals surface area contributed by atoms with Gasteiger partial charge in [-0.2, -0.15) is 0 Å². The van der Waals surface area contributed by atoms with Gasteiger partial charge in [-0.3, -0.25) is 0 Å². The second kappa shape index (κ2) is 7.56. The zero-order chi connectivity index (χ0) is 21.9. The monoisotopic (exact) mass is 460 g/mol. The van der Waals surface area contributed by atoms with E-state index in [4.69, 9.17) is 32.5 Å². The van der Waals surface area contributed by atoms with Crippen LogP contribution in [0.2, 0.25) is 10.0 Å². The van der Waals surface area contributed by atoms with Crippen molar-refractivity contribution >= 4 is 35.4 Å². The van der Waals surface area contributed by atoms with E-state index in [1.54, 1.807) is 0 Å². The van der Waals surface area contributed by atoms with Crippen molar-refractivity contribution in [3.05, 3.63) is 45.6 Å². The molecule has 1 aliphatic heterocycles. The summed E-state index contributed by atoms with van der Waals surface area (Å²) in [5.41, 5.74) is 1.93. The molecular formula is C24H26Cl2N2O3. The number of piperidine rings is 1. The molecule has 1 saturated heterocycles. The molecule has 2 atom stereocenters. The molecule has 2 unspecified atom stereocenters. The van der Waals surface area contributed by atoms with E-state index in [0.29, 0.717) is 45.0 Å². The van der Waals surface area contributed by atoms with Gasteiger partial charge in [-0.1, -0.05) is 46.6 Å². The molecule has 2 aliphatic carbocycles. The highest BCUT2D eigenvalue weighted by molar-refractivity contribution is 6.39. The third-order valence-electron chi connectivity index (χ3n) is 6.30. The minimum Gasteiger partial charge on any atom is -0.444 e. The van der Waals surface area contributed by atoms with Crippen LogP contribution in [-0.2, 0) is 4.74 Å². The zero-order valence-corrected chi connectivity index (χ0v) is 19.4. The van der Waals surface area contributed by atoms with Crippen molar-refractivity contribution in [3.8, 4) is 11.3 Å². The number of benzene rings is 1. The molecule has 0 N–H and O–H groups in total. The Morgan fingerprint density at radius 2 is 1.84 bits per heavy atom. The summed E-state index contributed by atoms with van der Waals surface area (Å²) in [4.78, 5) is 14.1. The Morgan fingerprint density at radius 1 is 1.19 bits per heavy atom. The van der Waals surface area contributed by atoms with Crippen molar-refractivity contribution in [1.82, 2.24) is 10.1 Å². The van der Waals surface area contributed by atoms with Crippen LogP contribution < -0.4 is 0 Å². The van der Waals surface area contributed by atoms with Crippen molar-refractivity contribution in [2.24, 2.45) is 17.8 Å². The number of aromatic nitrogens is 1. The number of fused-ring (bicyclic) bond motifs is 1. The SMILES string of the molecule is CC(C)(C)OC(=O)N1CC2C(C=Cc3c(-c4c(Cl)cccc4Cl)noc3C3CC3)C2C1. The third-order valence-corrected chi connectivity index (χ3v) is 6.93. The van der Waals surface area contributed by atoms with Crippen LogP contribution in [0.25, 0.3) is 17.3 Å². The average Bonchev–Trinajstić information content (AvgIpc) is 3.54. The highest BCUT2D eigenvalue weighted by Gasteiger charge is 2.55. The average molecular weight is 461 g/mol. The van der Waals surface area contributed by atoms with Gasteiger partial charge in [-0.25, -0.2) is 4.79 Å². The lowest BCUT2D eigenvalue weighted by Crippen LogP contribution is -2.36. The van der Waals surface area contributed by atoms with Gasteiger partial charge in [-0.05, 0) is 63.5 Å². The van der Waals surface area contributed by atoms with Crippen molar-refractivity contribution in [2.45, 2.75) is 45.1 Å². The Hall–Kier alpha value is -1.98. The lowest BCUT2D eigenvalue weighted by Gasteiger charge is -2.25. The summed E-state index contributed by atoms with van der Waals surface area (Å²) in [6.45, 7) is 7.18. The van der Waals surface area contributed by atoms with Gasteiger partial charge in [0.2, 0.25) is 0 Å². The molecule has 0 spiro atoms. The molecule has 0 radical (unpaired) electrons. The van der Waals surface area contributed by atoms with Gasteiger partial charge in [0.1, 0.15) is 17.1 Å². The molecule has 1 aromatic heterocycles. The van der Waals surface area contributed by atoms with Gasteiger partial charge in [0.05, 0.1) is 10.0 Å². The Morgan fingerprint density at radius 3 is 2.42 bits per heavy atom. The topological polar surface area (TPSA) is 55.6 Å². The first kappa shape index (κ1) is 20.9. The van der Waals surface area contributed by atoms with E-state index in [9.17, 15) is 4.79 Å². The van der Waals surface area contributed by atoms with E-state index >= 15 is 0 Å². The Bertz CT molecular complexity index is 1020. The number of likely N-dealkylation sites (tertiary alicyclic amines) is 1. The van der Waals surface area contributed by atoms with Crippen LogP contribution in [0.15, 0.2) is 28.8 Å². The molecular weight excluding hydrogens is 435 g/mol. The molecule has 3 fully saturated rings. The van der Waals surface area contributed by atoms with E-state index in [2.05, 4.69) is 17.3 Å². The van der Waals surface area contributed by atoms with Crippen LogP contribution in [0, 0.1) is 17.8 Å². The molecule has 2 saturated carbocycles. The number of hydrogen-bond acceptors (Lipinski definition) is 4. The molecule has 2 heterocycles. The zero-order valence-electron chi connectivity index (χ0n) is 17.9. The summed E-state index contributed by atoms with van der Waals surface area (Å²) >= 11 is 12.9. The van der Waals surface area contributed by atoms with E-state index in [1.807, 2.05) is 43.9 Å². The van der Waals surface area contributed by atoms with Gasteiger partial charge in [0, 0.05) is 30.1 Å². The maximum atomic E-state index is 12.3. The normalized spacial score (nSPS) is 25.2. The maximum Gasteiger partial charge on any atom is 0.410 e. The van der Waals surface area contributed by atoms with Crippen molar-refractivity contribution < 1.29 is 14.1 Å². The summed E-state index contributed by atoms with van der Waals surface area (Å²) in [5, 5.41) is 5.47. The summed E-state index contributed by atoms with van der Waals surface area (Å²) in [6.07, 6.45) is 6.39. The molecule has 7 heteroatoms. The number of amides is 1. The lowest BCUT2D eigenvalue weighted by atomic mass is 10.0. The highest BCUT2D eigenvalue weighted by atomic mass is 35.5. The number of nitrogens with zero attached hydrogens (tertiary/aromatic N) is 2. The van der Waals surface area contributed by atoms with Crippen molar-refractivity contribution in [3.63, 3.8) is 0 Å². The molecule has 5 rings (SSSR count). The Labute approximate surface area is 192 Å². The number of allylic oxidation sites excluding steroid dienone is 1. The summed E-state index contributed by atoms with van der Waals surface area (Å²) < 4.78 is 11.2. The first-order valence-corrected chi connectivity index (χ1v) is 11.6. The maximum absolute atomic E-state index is 12.3. The lowest BCUT2D eigenvalue weighted by molar-refractivity contribution is 0.0269. The summed E-state index contributed by atoms with van der Waals surface area (Å²) in [6, 6.07) is 5.46. The Balaban J connectivity index is 1.33. The third kappa shape index (κ3) is 4.10. The summed E-state index contributed by atoms with van der Waals surface area (Å²) in [7, 11) is 0. The second-order valence-corrected chi connectivity index (χ2v) is 10.6. The molecule has 164 valence electrons. The van der Waals surface area contributed by atoms with E-state index in [-0.39, 0.29) is 6.09 Å². The molecule has 5 nitrogen and oxygen atoms in total. The van der Waals surface area contributed by atoms with Crippen LogP contribution >= 0.6 is 23.2 Å². The fourth-order valence-electron chi connectivity index (χ4n) is 4.56. The van der Waals surface area contributed by atoms with E-state index in [1.165, 1.54) is 0 Å². The number of ether oxygens (including phenoxy) is 1. The number of hydrogen-bond donors (Lipinski definition) is 0. The quantitative estimate of drug-likeness (QED) is 0.512.